The molecule has 3 aliphatic carbocycles. The third kappa shape index (κ3) is 3.99. The zero-order valence-electron chi connectivity index (χ0n) is 20.8. The Bertz CT molecular complexity index is 953. The van der Waals surface area contributed by atoms with Gasteiger partial charge in [-0.05, 0) is 75.4 Å². The van der Waals surface area contributed by atoms with Crippen LogP contribution in [0.4, 0.5) is 0 Å². The lowest BCUT2D eigenvalue weighted by atomic mass is 9.42. The van der Waals surface area contributed by atoms with E-state index in [4.69, 9.17) is 4.74 Å². The molecule has 0 unspecified atom stereocenters. The fraction of sp³-hybridized carbons (Fsp3) is 0.607. The highest BCUT2D eigenvalue weighted by atomic mass is 16.5. The first-order chi connectivity index (χ1) is 15.5. The zero-order chi connectivity index (χ0) is 24.6. The summed E-state index contributed by atoms with van der Waals surface area (Å²) in [5.41, 5.74) is 1.39. The van der Waals surface area contributed by atoms with E-state index in [1.165, 1.54) is 13.2 Å². The first kappa shape index (κ1) is 25.4. The standard InChI is InChI=1S/C28H38O5/c1-18(10-8-16-29)9-7-11-19(2)24-20(30)17-22-26(3)15-13-23(31)28(5,25(32)33-6)21(26)12-14-27(22,24)4/h7-11,16,21-23,31H,12-15,17H2,1-6H3/b10-8+,11-7+,18-9+,24-19+/t21-,22+,23-,26+,27+,28-/m1/s1. The summed E-state index contributed by atoms with van der Waals surface area (Å²) in [6.07, 6.45) is 12.4. The van der Waals surface area contributed by atoms with Gasteiger partial charge >= 0.3 is 5.97 Å². The Morgan fingerprint density at radius 3 is 2.39 bits per heavy atom. The molecule has 5 nitrogen and oxygen atoms in total. The van der Waals surface area contributed by atoms with Crippen LogP contribution in [0.1, 0.15) is 66.7 Å². The Kier molecular flexibility index (Phi) is 7.05. The van der Waals surface area contributed by atoms with Crippen molar-refractivity contribution in [2.24, 2.45) is 28.1 Å². The highest BCUT2D eigenvalue weighted by Crippen LogP contribution is 2.69. The molecular weight excluding hydrogens is 416 g/mol. The Balaban J connectivity index is 1.99. The average Bonchev–Trinajstić information content (AvgIpc) is 3.05. The van der Waals surface area contributed by atoms with Crippen LogP contribution >= 0.6 is 0 Å². The van der Waals surface area contributed by atoms with E-state index in [2.05, 4.69) is 13.8 Å². The largest absolute Gasteiger partial charge is 0.469 e. The van der Waals surface area contributed by atoms with Crippen LogP contribution in [0.25, 0.3) is 0 Å². The lowest BCUT2D eigenvalue weighted by Crippen LogP contribution is -2.61. The summed E-state index contributed by atoms with van der Waals surface area (Å²) >= 11 is 0. The summed E-state index contributed by atoms with van der Waals surface area (Å²) in [6.45, 7) is 10.2. The molecule has 0 aromatic rings. The van der Waals surface area contributed by atoms with E-state index in [9.17, 15) is 19.5 Å². The molecule has 1 N–H and O–H groups in total. The van der Waals surface area contributed by atoms with Crippen molar-refractivity contribution in [1.29, 1.82) is 0 Å². The molecule has 3 fully saturated rings. The summed E-state index contributed by atoms with van der Waals surface area (Å²) < 4.78 is 5.15. The van der Waals surface area contributed by atoms with E-state index < -0.39 is 11.5 Å². The number of Topliss-reactive ketones (excluding diaryl/α,β-unsaturated/α-hetero) is 1. The quantitative estimate of drug-likeness (QED) is 0.276. The second-order valence-electron chi connectivity index (χ2n) is 10.8. The van der Waals surface area contributed by atoms with Crippen molar-refractivity contribution in [2.75, 3.05) is 7.11 Å². The van der Waals surface area contributed by atoms with Gasteiger partial charge in [0.1, 0.15) is 6.29 Å². The number of esters is 1. The van der Waals surface area contributed by atoms with E-state index in [-0.39, 0.29) is 34.4 Å². The lowest BCUT2D eigenvalue weighted by molar-refractivity contribution is -0.196. The summed E-state index contributed by atoms with van der Waals surface area (Å²) in [4.78, 5) is 36.7. The molecule has 0 bridgehead atoms. The van der Waals surface area contributed by atoms with Gasteiger partial charge in [0, 0.05) is 17.4 Å². The van der Waals surface area contributed by atoms with Crippen molar-refractivity contribution in [2.45, 2.75) is 72.8 Å². The molecule has 3 rings (SSSR count). The summed E-state index contributed by atoms with van der Waals surface area (Å²) in [5, 5.41) is 10.9. The molecule has 180 valence electrons. The molecular formula is C28H38O5. The number of aldehydes is 1. The second-order valence-corrected chi connectivity index (χ2v) is 10.8. The fourth-order valence-corrected chi connectivity index (χ4v) is 7.44. The van der Waals surface area contributed by atoms with Gasteiger partial charge < -0.3 is 9.84 Å². The number of aliphatic hydroxyl groups excluding tert-OH is 1. The van der Waals surface area contributed by atoms with Crippen LogP contribution in [0.2, 0.25) is 0 Å². The van der Waals surface area contributed by atoms with Crippen molar-refractivity contribution in [3.63, 3.8) is 0 Å². The number of carbonyl (C=O) groups excluding carboxylic acids is 3. The van der Waals surface area contributed by atoms with E-state index in [1.54, 1.807) is 6.08 Å². The van der Waals surface area contributed by atoms with E-state index in [0.717, 1.165) is 42.3 Å². The van der Waals surface area contributed by atoms with Crippen molar-refractivity contribution < 1.29 is 24.2 Å². The third-order valence-corrected chi connectivity index (χ3v) is 9.09. The fourth-order valence-electron chi connectivity index (χ4n) is 7.44. The van der Waals surface area contributed by atoms with Crippen LogP contribution in [0.5, 0.6) is 0 Å². The van der Waals surface area contributed by atoms with Gasteiger partial charge in [0.15, 0.2) is 5.78 Å². The molecule has 0 aliphatic heterocycles. The van der Waals surface area contributed by atoms with Crippen molar-refractivity contribution in [1.82, 2.24) is 0 Å². The smallest absolute Gasteiger partial charge is 0.314 e. The predicted molar refractivity (Wildman–Crippen MR) is 128 cm³/mol. The molecule has 3 aliphatic rings. The van der Waals surface area contributed by atoms with Crippen molar-refractivity contribution in [3.8, 4) is 0 Å². The molecule has 0 amide bonds. The number of allylic oxidation sites excluding steroid dienone is 8. The molecule has 0 aromatic heterocycles. The maximum atomic E-state index is 13.4. The normalized spacial score (nSPS) is 40.6. The third-order valence-electron chi connectivity index (χ3n) is 9.09. The van der Waals surface area contributed by atoms with Crippen LogP contribution < -0.4 is 0 Å². The van der Waals surface area contributed by atoms with E-state index >= 15 is 0 Å². The van der Waals surface area contributed by atoms with Gasteiger partial charge in [-0.3, -0.25) is 14.4 Å². The number of carbonyl (C=O) groups is 3. The van der Waals surface area contributed by atoms with Gasteiger partial charge in [0.05, 0.1) is 18.6 Å². The topological polar surface area (TPSA) is 80.7 Å². The molecule has 3 saturated carbocycles. The first-order valence-electron chi connectivity index (χ1n) is 11.9. The number of hydrogen-bond donors (Lipinski definition) is 1. The molecule has 0 saturated heterocycles. The summed E-state index contributed by atoms with van der Waals surface area (Å²) in [5.74, 6) is -0.0603. The van der Waals surface area contributed by atoms with Crippen molar-refractivity contribution >= 4 is 18.0 Å². The molecule has 0 spiro atoms. The van der Waals surface area contributed by atoms with Crippen LogP contribution in [0.3, 0.4) is 0 Å². The van der Waals surface area contributed by atoms with Crippen molar-refractivity contribution in [3.05, 3.63) is 47.1 Å². The number of aliphatic hydroxyl groups is 1. The maximum Gasteiger partial charge on any atom is 0.314 e. The first-order valence-corrected chi connectivity index (χ1v) is 11.9. The number of fused-ring (bicyclic) bond motifs is 3. The van der Waals surface area contributed by atoms with Gasteiger partial charge in [-0.25, -0.2) is 0 Å². The predicted octanol–water partition coefficient (Wildman–Crippen LogP) is 4.91. The number of methoxy groups -OCH3 is 1. The summed E-state index contributed by atoms with van der Waals surface area (Å²) in [6, 6.07) is 0. The minimum absolute atomic E-state index is 0.0301. The molecule has 0 radical (unpaired) electrons. The highest BCUT2D eigenvalue weighted by Gasteiger charge is 2.67. The molecule has 0 heterocycles. The van der Waals surface area contributed by atoms with Gasteiger partial charge in [0.25, 0.3) is 0 Å². The minimum atomic E-state index is -0.953. The number of hydrogen-bond acceptors (Lipinski definition) is 5. The molecule has 5 heteroatoms. The van der Waals surface area contributed by atoms with Crippen LogP contribution in [-0.2, 0) is 19.1 Å². The summed E-state index contributed by atoms with van der Waals surface area (Å²) in [7, 11) is 1.39. The maximum absolute atomic E-state index is 13.4. The van der Waals surface area contributed by atoms with Crippen LogP contribution in [0, 0.1) is 28.1 Å². The Labute approximate surface area is 197 Å². The number of ether oxygens (including phenoxy) is 1. The lowest BCUT2D eigenvalue weighted by Gasteiger charge is -2.61. The van der Waals surface area contributed by atoms with Gasteiger partial charge in [-0.1, -0.05) is 43.7 Å². The average molecular weight is 455 g/mol. The highest BCUT2D eigenvalue weighted by molar-refractivity contribution is 6.01. The second kappa shape index (κ2) is 9.17. The Hall–Kier alpha value is -2.27. The zero-order valence-corrected chi connectivity index (χ0v) is 20.8. The van der Waals surface area contributed by atoms with Gasteiger partial charge in [-0.2, -0.15) is 0 Å². The van der Waals surface area contributed by atoms with Gasteiger partial charge in [-0.15, -0.1) is 0 Å². The van der Waals surface area contributed by atoms with Crippen LogP contribution in [-0.4, -0.2) is 36.4 Å². The molecule has 33 heavy (non-hydrogen) atoms. The number of ketones is 1. The monoisotopic (exact) mass is 454 g/mol. The Morgan fingerprint density at radius 2 is 1.76 bits per heavy atom. The minimum Gasteiger partial charge on any atom is -0.469 e. The SMILES string of the molecule is COC(=O)[C@@]1(C)[C@H](O)CC[C@@]2(C)[C@H]1CC[C@]1(C)/C(=C(C)/C=C/C=C(C)/C=C/C=O)C(=O)C[C@@H]21. The molecule has 6 atom stereocenters. The molecule has 0 aromatic carbocycles. The van der Waals surface area contributed by atoms with E-state index in [0.29, 0.717) is 12.8 Å². The van der Waals surface area contributed by atoms with Gasteiger partial charge in [0.2, 0.25) is 0 Å². The number of rotatable bonds is 5. The van der Waals surface area contributed by atoms with E-state index in [1.807, 2.05) is 39.0 Å². The Morgan fingerprint density at radius 1 is 1.06 bits per heavy atom. The van der Waals surface area contributed by atoms with Crippen LogP contribution in [0.15, 0.2) is 47.1 Å².